The molecule has 0 bridgehead atoms. The second-order valence-corrected chi connectivity index (χ2v) is 9.07. The van der Waals surface area contributed by atoms with Crippen LogP contribution in [0.25, 0.3) is 10.9 Å². The van der Waals surface area contributed by atoms with E-state index in [-0.39, 0.29) is 37.4 Å². The zero-order valence-electron chi connectivity index (χ0n) is 20.7. The van der Waals surface area contributed by atoms with Crippen molar-refractivity contribution >= 4 is 34.5 Å². The molecule has 0 aliphatic rings. The van der Waals surface area contributed by atoms with Crippen molar-refractivity contribution in [1.82, 2.24) is 15.6 Å². The van der Waals surface area contributed by atoms with Gasteiger partial charge >= 0.3 is 5.97 Å². The minimum atomic E-state index is -1.16. The number of carboxylic acids is 1. The summed E-state index contributed by atoms with van der Waals surface area (Å²) in [5.74, 6) is -2.39. The third-order valence-electron chi connectivity index (χ3n) is 6.34. The highest BCUT2D eigenvalue weighted by atomic mass is 16.4. The highest BCUT2D eigenvalue weighted by Crippen LogP contribution is 2.19. The standard InChI is InChI=1S/C30H29N3O5/c34-27(25(17-20-9-3-1-4-10-20)33-29(36)21-11-5-2-6-12-21)15-16-28(35)32-26(30(37)38)18-22-19-31-24-14-8-7-13-23(22)24/h1-14,19,25-26,31H,15-18H2,(H,32,35)(H,33,36)(H,37,38)/t25-,26-/m0/s1. The number of amides is 2. The monoisotopic (exact) mass is 511 g/mol. The molecule has 0 saturated heterocycles. The van der Waals surface area contributed by atoms with E-state index in [0.29, 0.717) is 5.56 Å². The van der Waals surface area contributed by atoms with Crippen molar-refractivity contribution in [3.8, 4) is 0 Å². The smallest absolute Gasteiger partial charge is 0.326 e. The van der Waals surface area contributed by atoms with Crippen molar-refractivity contribution in [1.29, 1.82) is 0 Å². The Bertz CT molecular complexity index is 1420. The Morgan fingerprint density at radius 3 is 2.11 bits per heavy atom. The summed E-state index contributed by atoms with van der Waals surface area (Å²) in [4.78, 5) is 53.5. The number of benzene rings is 3. The maximum absolute atomic E-state index is 13.1. The summed E-state index contributed by atoms with van der Waals surface area (Å²) in [5.41, 5.74) is 2.95. The van der Waals surface area contributed by atoms with Gasteiger partial charge in [0.1, 0.15) is 6.04 Å². The lowest BCUT2D eigenvalue weighted by Gasteiger charge is -2.19. The average molecular weight is 512 g/mol. The van der Waals surface area contributed by atoms with Gasteiger partial charge in [0.2, 0.25) is 5.91 Å². The predicted octanol–water partition coefficient (Wildman–Crippen LogP) is 3.67. The number of H-pyrrole nitrogens is 1. The molecule has 0 aliphatic carbocycles. The molecule has 194 valence electrons. The first kappa shape index (κ1) is 26.3. The van der Waals surface area contributed by atoms with Gasteiger partial charge in [0.15, 0.2) is 5.78 Å². The van der Waals surface area contributed by atoms with Gasteiger partial charge in [0.25, 0.3) is 5.91 Å². The van der Waals surface area contributed by atoms with Crippen LogP contribution in [-0.2, 0) is 27.2 Å². The lowest BCUT2D eigenvalue weighted by atomic mass is 9.98. The number of aromatic nitrogens is 1. The SMILES string of the molecule is O=C(CCC(=O)[C@H](Cc1ccccc1)NC(=O)c1ccccc1)N[C@@H](Cc1c[nH]c2ccccc12)C(=O)O. The molecule has 0 fully saturated rings. The number of hydrogen-bond acceptors (Lipinski definition) is 4. The summed E-state index contributed by atoms with van der Waals surface area (Å²) < 4.78 is 0. The Hall–Kier alpha value is -4.72. The second kappa shape index (κ2) is 12.5. The Labute approximate surface area is 220 Å². The molecular weight excluding hydrogens is 482 g/mol. The van der Waals surface area contributed by atoms with Crippen LogP contribution >= 0.6 is 0 Å². The topological polar surface area (TPSA) is 128 Å². The third-order valence-corrected chi connectivity index (χ3v) is 6.34. The Morgan fingerprint density at radius 2 is 1.39 bits per heavy atom. The van der Waals surface area contributed by atoms with Gasteiger partial charge in [-0.25, -0.2) is 4.79 Å². The first-order valence-corrected chi connectivity index (χ1v) is 12.4. The van der Waals surface area contributed by atoms with E-state index in [9.17, 15) is 24.3 Å². The van der Waals surface area contributed by atoms with Gasteiger partial charge in [-0.2, -0.15) is 0 Å². The molecule has 0 spiro atoms. The average Bonchev–Trinajstić information content (AvgIpc) is 3.34. The minimum Gasteiger partial charge on any atom is -0.480 e. The van der Waals surface area contributed by atoms with Crippen molar-refractivity contribution in [2.24, 2.45) is 0 Å². The van der Waals surface area contributed by atoms with Gasteiger partial charge in [0.05, 0.1) is 6.04 Å². The van der Waals surface area contributed by atoms with E-state index >= 15 is 0 Å². The van der Waals surface area contributed by atoms with Crippen LogP contribution < -0.4 is 10.6 Å². The molecule has 38 heavy (non-hydrogen) atoms. The quantitative estimate of drug-likeness (QED) is 0.231. The molecule has 1 heterocycles. The van der Waals surface area contributed by atoms with E-state index in [4.69, 9.17) is 0 Å². The molecule has 0 saturated carbocycles. The highest BCUT2D eigenvalue weighted by molar-refractivity contribution is 5.98. The fraction of sp³-hybridized carbons (Fsp3) is 0.200. The van der Waals surface area contributed by atoms with E-state index in [1.807, 2.05) is 54.6 Å². The first-order valence-electron chi connectivity index (χ1n) is 12.4. The van der Waals surface area contributed by atoms with E-state index in [1.165, 1.54) is 0 Å². The Kier molecular flexibility index (Phi) is 8.66. The number of carbonyl (C=O) groups is 4. The van der Waals surface area contributed by atoms with Crippen molar-refractivity contribution in [2.45, 2.75) is 37.8 Å². The summed E-state index contributed by atoms with van der Waals surface area (Å²) in [6.45, 7) is 0. The maximum Gasteiger partial charge on any atom is 0.326 e. The molecule has 0 radical (unpaired) electrons. The summed E-state index contributed by atoms with van der Waals surface area (Å²) in [6.07, 6.45) is 1.78. The van der Waals surface area contributed by atoms with Crippen LogP contribution in [0.2, 0.25) is 0 Å². The van der Waals surface area contributed by atoms with Crippen LogP contribution in [0, 0.1) is 0 Å². The number of hydrogen-bond donors (Lipinski definition) is 4. The lowest BCUT2D eigenvalue weighted by molar-refractivity contribution is -0.141. The second-order valence-electron chi connectivity index (χ2n) is 9.07. The van der Waals surface area contributed by atoms with Crippen LogP contribution in [-0.4, -0.2) is 45.7 Å². The molecule has 1 aromatic heterocycles. The zero-order valence-corrected chi connectivity index (χ0v) is 20.7. The zero-order chi connectivity index (χ0) is 26.9. The van der Waals surface area contributed by atoms with Gasteiger partial charge in [-0.15, -0.1) is 0 Å². The number of rotatable bonds is 12. The molecule has 4 rings (SSSR count). The number of aliphatic carboxylic acids is 1. The van der Waals surface area contributed by atoms with Crippen LogP contribution in [0.3, 0.4) is 0 Å². The molecule has 4 aromatic rings. The number of fused-ring (bicyclic) bond motifs is 1. The number of ketones is 1. The largest absolute Gasteiger partial charge is 0.480 e. The molecule has 0 aliphatic heterocycles. The van der Waals surface area contributed by atoms with Gasteiger partial charge < -0.3 is 20.7 Å². The van der Waals surface area contributed by atoms with Gasteiger partial charge in [-0.1, -0.05) is 66.7 Å². The first-order chi connectivity index (χ1) is 18.4. The number of carbonyl (C=O) groups excluding carboxylic acids is 3. The van der Waals surface area contributed by atoms with E-state index in [0.717, 1.165) is 22.0 Å². The molecular formula is C30H29N3O5. The predicted molar refractivity (Wildman–Crippen MR) is 144 cm³/mol. The fourth-order valence-electron chi connectivity index (χ4n) is 4.32. The number of nitrogens with one attached hydrogen (secondary N) is 3. The van der Waals surface area contributed by atoms with E-state index < -0.39 is 24.0 Å². The maximum atomic E-state index is 13.1. The van der Waals surface area contributed by atoms with Crippen LogP contribution in [0.1, 0.15) is 34.3 Å². The number of Topliss-reactive ketones (excluding diaryl/α,β-unsaturated/α-hetero) is 1. The summed E-state index contributed by atoms with van der Waals surface area (Å²) in [7, 11) is 0. The third kappa shape index (κ3) is 6.94. The number of para-hydroxylation sites is 1. The lowest BCUT2D eigenvalue weighted by Crippen LogP contribution is -2.44. The van der Waals surface area contributed by atoms with Crippen LogP contribution in [0.15, 0.2) is 91.1 Å². The van der Waals surface area contributed by atoms with Gasteiger partial charge in [0, 0.05) is 41.9 Å². The molecule has 2 atom stereocenters. The molecule has 0 unspecified atom stereocenters. The Balaban J connectivity index is 1.38. The van der Waals surface area contributed by atoms with Crippen molar-refractivity contribution in [2.75, 3.05) is 0 Å². The molecule has 3 aromatic carbocycles. The summed E-state index contributed by atoms with van der Waals surface area (Å²) in [6, 6.07) is 23.4. The normalized spacial score (nSPS) is 12.4. The highest BCUT2D eigenvalue weighted by Gasteiger charge is 2.25. The van der Waals surface area contributed by atoms with Crippen molar-refractivity contribution < 1.29 is 24.3 Å². The molecule has 4 N–H and O–H groups in total. The Morgan fingerprint density at radius 1 is 0.737 bits per heavy atom. The fourth-order valence-corrected chi connectivity index (χ4v) is 4.32. The van der Waals surface area contributed by atoms with Crippen molar-refractivity contribution in [3.63, 3.8) is 0 Å². The molecule has 8 heteroatoms. The van der Waals surface area contributed by atoms with Crippen LogP contribution in [0.5, 0.6) is 0 Å². The van der Waals surface area contributed by atoms with Crippen LogP contribution in [0.4, 0.5) is 0 Å². The van der Waals surface area contributed by atoms with Crippen molar-refractivity contribution in [3.05, 3.63) is 108 Å². The van der Waals surface area contributed by atoms with E-state index in [1.54, 1.807) is 36.5 Å². The van der Waals surface area contributed by atoms with Gasteiger partial charge in [-0.3, -0.25) is 14.4 Å². The summed E-state index contributed by atoms with van der Waals surface area (Å²) in [5, 5.41) is 15.9. The van der Waals surface area contributed by atoms with Gasteiger partial charge in [-0.05, 0) is 35.7 Å². The molecule has 8 nitrogen and oxygen atoms in total. The minimum absolute atomic E-state index is 0.1000. The summed E-state index contributed by atoms with van der Waals surface area (Å²) >= 11 is 0. The van der Waals surface area contributed by atoms with E-state index in [2.05, 4.69) is 15.6 Å². The number of carboxylic acid groups (broad SMARTS) is 1. The number of aromatic amines is 1. The molecule has 2 amide bonds.